The van der Waals surface area contributed by atoms with E-state index in [9.17, 15) is 0 Å². The Balaban J connectivity index is 2.66. The molecule has 0 bridgehead atoms. The van der Waals surface area contributed by atoms with Gasteiger partial charge in [0.15, 0.2) is 0 Å². The zero-order chi connectivity index (χ0) is 8.27. The SMILES string of the molecule is CC(S)Cc1ccc(N)cc1. The van der Waals surface area contributed by atoms with Gasteiger partial charge in [0.1, 0.15) is 0 Å². The molecule has 1 rings (SSSR count). The van der Waals surface area contributed by atoms with Gasteiger partial charge in [0, 0.05) is 10.9 Å². The zero-order valence-electron chi connectivity index (χ0n) is 6.62. The molecule has 0 saturated heterocycles. The van der Waals surface area contributed by atoms with Crippen molar-refractivity contribution in [1.82, 2.24) is 0 Å². The normalized spacial score (nSPS) is 12.9. The van der Waals surface area contributed by atoms with Gasteiger partial charge >= 0.3 is 0 Å². The molecule has 1 nitrogen and oxygen atoms in total. The molecule has 0 aliphatic rings. The van der Waals surface area contributed by atoms with Crippen LogP contribution in [0.15, 0.2) is 24.3 Å². The second-order valence-electron chi connectivity index (χ2n) is 2.79. The fourth-order valence-corrected chi connectivity index (χ4v) is 1.21. The lowest BCUT2D eigenvalue weighted by Crippen LogP contribution is -1.96. The minimum Gasteiger partial charge on any atom is -0.399 e. The third-order valence-corrected chi connectivity index (χ3v) is 1.69. The van der Waals surface area contributed by atoms with Crippen molar-refractivity contribution in [2.75, 3.05) is 5.73 Å². The summed E-state index contributed by atoms with van der Waals surface area (Å²) >= 11 is 4.30. The maximum absolute atomic E-state index is 5.54. The van der Waals surface area contributed by atoms with Crippen LogP contribution < -0.4 is 5.73 Å². The van der Waals surface area contributed by atoms with Gasteiger partial charge in [-0.25, -0.2) is 0 Å². The summed E-state index contributed by atoms with van der Waals surface area (Å²) in [6, 6.07) is 7.93. The number of thiol groups is 1. The summed E-state index contributed by atoms with van der Waals surface area (Å²) in [4.78, 5) is 0. The van der Waals surface area contributed by atoms with Crippen molar-refractivity contribution in [2.24, 2.45) is 0 Å². The maximum Gasteiger partial charge on any atom is 0.0314 e. The van der Waals surface area contributed by atoms with Crippen molar-refractivity contribution >= 4 is 18.3 Å². The van der Waals surface area contributed by atoms with Gasteiger partial charge in [-0.15, -0.1) is 0 Å². The summed E-state index contributed by atoms with van der Waals surface area (Å²) in [6.07, 6.45) is 1.00. The van der Waals surface area contributed by atoms with Gasteiger partial charge in [0.25, 0.3) is 0 Å². The number of benzene rings is 1. The molecule has 0 spiro atoms. The molecular formula is C9H13NS. The number of rotatable bonds is 2. The topological polar surface area (TPSA) is 26.0 Å². The monoisotopic (exact) mass is 167 g/mol. The molecule has 0 fully saturated rings. The fourth-order valence-electron chi connectivity index (χ4n) is 0.995. The average molecular weight is 167 g/mol. The van der Waals surface area contributed by atoms with Crippen molar-refractivity contribution in [3.8, 4) is 0 Å². The van der Waals surface area contributed by atoms with Gasteiger partial charge in [0.05, 0.1) is 0 Å². The highest BCUT2D eigenvalue weighted by Gasteiger charge is 1.96. The standard InChI is InChI=1S/C9H13NS/c1-7(11)6-8-2-4-9(10)5-3-8/h2-5,7,11H,6,10H2,1H3. The second kappa shape index (κ2) is 3.67. The van der Waals surface area contributed by atoms with Gasteiger partial charge < -0.3 is 5.73 Å². The molecule has 0 aromatic heterocycles. The fraction of sp³-hybridized carbons (Fsp3) is 0.333. The van der Waals surface area contributed by atoms with Crippen LogP contribution in [-0.2, 0) is 6.42 Å². The van der Waals surface area contributed by atoms with Crippen LogP contribution in [-0.4, -0.2) is 5.25 Å². The van der Waals surface area contributed by atoms with Crippen LogP contribution in [0.3, 0.4) is 0 Å². The first-order valence-corrected chi connectivity index (χ1v) is 4.22. The van der Waals surface area contributed by atoms with Crippen molar-refractivity contribution in [1.29, 1.82) is 0 Å². The Kier molecular flexibility index (Phi) is 2.83. The van der Waals surface area contributed by atoms with E-state index in [1.54, 1.807) is 0 Å². The van der Waals surface area contributed by atoms with E-state index in [0.29, 0.717) is 5.25 Å². The Morgan fingerprint density at radius 2 is 1.91 bits per heavy atom. The molecule has 1 unspecified atom stereocenters. The average Bonchev–Trinajstić information content (AvgIpc) is 1.93. The quantitative estimate of drug-likeness (QED) is 0.512. The maximum atomic E-state index is 5.54. The van der Waals surface area contributed by atoms with Crippen LogP contribution in [0.4, 0.5) is 5.69 Å². The highest BCUT2D eigenvalue weighted by molar-refractivity contribution is 7.80. The number of nitrogen functional groups attached to an aromatic ring is 1. The highest BCUT2D eigenvalue weighted by atomic mass is 32.1. The minimum absolute atomic E-state index is 0.415. The van der Waals surface area contributed by atoms with Crippen molar-refractivity contribution in [3.63, 3.8) is 0 Å². The molecule has 0 amide bonds. The van der Waals surface area contributed by atoms with Crippen molar-refractivity contribution < 1.29 is 0 Å². The molecule has 0 aliphatic heterocycles. The van der Waals surface area contributed by atoms with Gasteiger partial charge in [-0.3, -0.25) is 0 Å². The molecule has 2 N–H and O–H groups in total. The van der Waals surface area contributed by atoms with Gasteiger partial charge in [0.2, 0.25) is 0 Å². The van der Waals surface area contributed by atoms with Crippen molar-refractivity contribution in [2.45, 2.75) is 18.6 Å². The summed E-state index contributed by atoms with van der Waals surface area (Å²) in [5.41, 5.74) is 7.65. The molecule has 60 valence electrons. The Morgan fingerprint density at radius 3 is 2.36 bits per heavy atom. The highest BCUT2D eigenvalue weighted by Crippen LogP contribution is 2.09. The van der Waals surface area contributed by atoms with E-state index in [4.69, 9.17) is 5.73 Å². The largest absolute Gasteiger partial charge is 0.399 e. The molecule has 0 heterocycles. The predicted molar refractivity (Wildman–Crippen MR) is 53.0 cm³/mol. The van der Waals surface area contributed by atoms with E-state index in [1.807, 2.05) is 24.3 Å². The Bertz CT molecular complexity index is 216. The lowest BCUT2D eigenvalue weighted by molar-refractivity contribution is 0.951. The predicted octanol–water partition coefficient (Wildman–Crippen LogP) is 2.13. The Hall–Kier alpha value is -0.630. The first kappa shape index (κ1) is 8.47. The zero-order valence-corrected chi connectivity index (χ0v) is 7.51. The van der Waals surface area contributed by atoms with Gasteiger partial charge in [-0.2, -0.15) is 12.6 Å². The molecule has 0 saturated carbocycles. The Morgan fingerprint density at radius 1 is 1.36 bits per heavy atom. The third kappa shape index (κ3) is 2.85. The van der Waals surface area contributed by atoms with Crippen LogP contribution in [0.1, 0.15) is 12.5 Å². The van der Waals surface area contributed by atoms with E-state index in [0.717, 1.165) is 12.1 Å². The summed E-state index contributed by atoms with van der Waals surface area (Å²) in [7, 11) is 0. The molecule has 1 atom stereocenters. The van der Waals surface area contributed by atoms with E-state index in [2.05, 4.69) is 19.6 Å². The molecule has 0 aliphatic carbocycles. The molecule has 1 aromatic carbocycles. The van der Waals surface area contributed by atoms with Gasteiger partial charge in [-0.1, -0.05) is 19.1 Å². The van der Waals surface area contributed by atoms with E-state index in [1.165, 1.54) is 5.56 Å². The van der Waals surface area contributed by atoms with E-state index in [-0.39, 0.29) is 0 Å². The van der Waals surface area contributed by atoms with Gasteiger partial charge in [-0.05, 0) is 24.1 Å². The third-order valence-electron chi connectivity index (χ3n) is 1.51. The molecular weight excluding hydrogens is 154 g/mol. The Labute approximate surface area is 73.0 Å². The number of hydrogen-bond donors (Lipinski definition) is 2. The molecule has 1 aromatic rings. The lowest BCUT2D eigenvalue weighted by Gasteiger charge is -2.03. The smallest absolute Gasteiger partial charge is 0.0314 e. The summed E-state index contributed by atoms with van der Waals surface area (Å²) in [5, 5.41) is 0.415. The molecule has 11 heavy (non-hydrogen) atoms. The number of nitrogens with two attached hydrogens (primary N) is 1. The summed E-state index contributed by atoms with van der Waals surface area (Å²) in [6.45, 7) is 2.08. The first-order valence-electron chi connectivity index (χ1n) is 3.71. The van der Waals surface area contributed by atoms with E-state index < -0.39 is 0 Å². The number of hydrogen-bond acceptors (Lipinski definition) is 2. The summed E-state index contributed by atoms with van der Waals surface area (Å²) in [5.74, 6) is 0. The van der Waals surface area contributed by atoms with Crippen molar-refractivity contribution in [3.05, 3.63) is 29.8 Å². The number of anilines is 1. The molecule has 2 heteroatoms. The van der Waals surface area contributed by atoms with Crippen LogP contribution in [0.5, 0.6) is 0 Å². The van der Waals surface area contributed by atoms with E-state index >= 15 is 0 Å². The summed E-state index contributed by atoms with van der Waals surface area (Å²) < 4.78 is 0. The second-order valence-corrected chi connectivity index (χ2v) is 3.68. The van der Waals surface area contributed by atoms with Crippen LogP contribution in [0.2, 0.25) is 0 Å². The minimum atomic E-state index is 0.415. The molecule has 0 radical (unpaired) electrons. The van der Waals surface area contributed by atoms with Crippen LogP contribution in [0, 0.1) is 0 Å². The van der Waals surface area contributed by atoms with Crippen LogP contribution >= 0.6 is 12.6 Å². The lowest BCUT2D eigenvalue weighted by atomic mass is 10.1. The van der Waals surface area contributed by atoms with Crippen LogP contribution in [0.25, 0.3) is 0 Å². The first-order chi connectivity index (χ1) is 5.18.